The van der Waals surface area contributed by atoms with Gasteiger partial charge in [-0.15, -0.1) is 0 Å². The fourth-order valence-corrected chi connectivity index (χ4v) is 5.91. The van der Waals surface area contributed by atoms with Gasteiger partial charge in [0.15, 0.2) is 0 Å². The Morgan fingerprint density at radius 3 is 2.45 bits per heavy atom. The summed E-state index contributed by atoms with van der Waals surface area (Å²) in [5.41, 5.74) is 5.15. The Kier molecular flexibility index (Phi) is 7.35. The fraction of sp³-hybridized carbons (Fsp3) is 0.303. The van der Waals surface area contributed by atoms with E-state index in [1.807, 2.05) is 66.7 Å². The topological polar surface area (TPSA) is 81.5 Å². The second-order valence-corrected chi connectivity index (χ2v) is 10.5. The summed E-state index contributed by atoms with van der Waals surface area (Å²) in [4.78, 5) is 23.7. The molecule has 7 nitrogen and oxygen atoms in total. The van der Waals surface area contributed by atoms with Crippen molar-refractivity contribution < 1.29 is 9.53 Å². The minimum atomic E-state index is 0.0614. The third-order valence-electron chi connectivity index (χ3n) is 8.06. The lowest BCUT2D eigenvalue weighted by Crippen LogP contribution is -2.46. The second-order valence-electron chi connectivity index (χ2n) is 10.5. The van der Waals surface area contributed by atoms with Crippen LogP contribution in [0, 0.1) is 11.3 Å². The van der Waals surface area contributed by atoms with Crippen LogP contribution >= 0.6 is 0 Å². The number of benzene rings is 3. The van der Waals surface area contributed by atoms with Gasteiger partial charge in [-0.05, 0) is 84.8 Å². The van der Waals surface area contributed by atoms with E-state index in [1.54, 1.807) is 7.11 Å². The number of nitrogens with one attached hydrogen (secondary N) is 1. The predicted molar refractivity (Wildman–Crippen MR) is 157 cm³/mol. The minimum Gasteiger partial charge on any atom is -0.497 e. The summed E-state index contributed by atoms with van der Waals surface area (Å²) in [6.45, 7) is 3.47. The molecule has 0 saturated carbocycles. The van der Waals surface area contributed by atoms with E-state index in [-0.39, 0.29) is 12.1 Å². The Labute approximate surface area is 235 Å². The molecule has 0 bridgehead atoms. The number of hydrogen-bond donors (Lipinski definition) is 1. The Bertz CT molecular complexity index is 1550. The number of aromatic nitrogens is 1. The number of likely N-dealkylation sites (tertiary alicyclic amines) is 2. The fourth-order valence-electron chi connectivity index (χ4n) is 5.91. The molecule has 2 saturated heterocycles. The molecular weight excluding hydrogens is 498 g/mol. The van der Waals surface area contributed by atoms with Crippen LogP contribution in [0.5, 0.6) is 5.75 Å². The van der Waals surface area contributed by atoms with Crippen LogP contribution in [0.25, 0.3) is 22.0 Å². The molecule has 1 atom stereocenters. The summed E-state index contributed by atoms with van der Waals surface area (Å²) in [5.74, 6) is 1.55. The van der Waals surface area contributed by atoms with Crippen molar-refractivity contribution in [3.05, 3.63) is 89.5 Å². The number of ether oxygens (including phenoxy) is 1. The van der Waals surface area contributed by atoms with Gasteiger partial charge in [0.05, 0.1) is 36.0 Å². The van der Waals surface area contributed by atoms with E-state index in [0.717, 1.165) is 65.8 Å². The number of carbonyl (C=O) groups is 1. The maximum atomic E-state index is 14.3. The molecule has 1 amide bonds. The highest BCUT2D eigenvalue weighted by atomic mass is 16.5. The Hall–Kier alpha value is -4.41. The van der Waals surface area contributed by atoms with Crippen molar-refractivity contribution in [2.24, 2.45) is 0 Å². The first kappa shape index (κ1) is 25.8. The summed E-state index contributed by atoms with van der Waals surface area (Å²) in [5, 5.41) is 13.5. The van der Waals surface area contributed by atoms with Gasteiger partial charge in [-0.25, -0.2) is 4.98 Å². The van der Waals surface area contributed by atoms with Crippen molar-refractivity contribution in [3.8, 4) is 22.9 Å². The molecule has 4 aromatic rings. The van der Waals surface area contributed by atoms with Gasteiger partial charge in [-0.1, -0.05) is 30.3 Å². The number of nitriles is 1. The molecule has 2 aliphatic rings. The van der Waals surface area contributed by atoms with Crippen LogP contribution in [0.1, 0.15) is 47.2 Å². The van der Waals surface area contributed by atoms with Crippen molar-refractivity contribution >= 4 is 22.6 Å². The molecule has 0 spiro atoms. The quantitative estimate of drug-likeness (QED) is 0.313. The lowest BCUT2D eigenvalue weighted by Gasteiger charge is -2.32. The zero-order valence-corrected chi connectivity index (χ0v) is 22.8. The highest BCUT2D eigenvalue weighted by Gasteiger charge is 2.35. The zero-order chi connectivity index (χ0) is 27.5. The molecular formula is C33H33N5O2. The molecule has 0 aliphatic carbocycles. The van der Waals surface area contributed by atoms with Gasteiger partial charge in [-0.3, -0.25) is 9.69 Å². The smallest absolute Gasteiger partial charge is 0.255 e. The van der Waals surface area contributed by atoms with Gasteiger partial charge in [-0.2, -0.15) is 5.26 Å². The average molecular weight is 532 g/mol. The number of amides is 1. The van der Waals surface area contributed by atoms with E-state index in [9.17, 15) is 10.1 Å². The maximum absolute atomic E-state index is 14.3. The summed E-state index contributed by atoms with van der Waals surface area (Å²) in [7, 11) is 1.66. The molecule has 6 rings (SSSR count). The Morgan fingerprint density at radius 1 is 0.975 bits per heavy atom. The van der Waals surface area contributed by atoms with Crippen LogP contribution in [0.2, 0.25) is 0 Å². The van der Waals surface area contributed by atoms with Gasteiger partial charge in [0.25, 0.3) is 5.91 Å². The molecule has 1 unspecified atom stereocenters. The van der Waals surface area contributed by atoms with Crippen molar-refractivity contribution in [1.82, 2.24) is 14.8 Å². The van der Waals surface area contributed by atoms with E-state index in [4.69, 9.17) is 9.72 Å². The van der Waals surface area contributed by atoms with Crippen molar-refractivity contribution in [3.63, 3.8) is 0 Å². The molecule has 2 aliphatic heterocycles. The SMILES string of the molecule is COc1ccc(CNc2cc(C(=O)N3CCCC3N3CCCC3)c3cc(-c4ccc(C#N)cc4)ccc3n2)cc1. The van der Waals surface area contributed by atoms with Crippen LogP contribution < -0.4 is 10.1 Å². The molecule has 0 radical (unpaired) electrons. The van der Waals surface area contributed by atoms with Crippen LogP contribution in [-0.4, -0.2) is 53.6 Å². The number of anilines is 1. The van der Waals surface area contributed by atoms with Gasteiger partial charge >= 0.3 is 0 Å². The molecule has 1 N–H and O–H groups in total. The number of hydrogen-bond acceptors (Lipinski definition) is 6. The largest absolute Gasteiger partial charge is 0.497 e. The van der Waals surface area contributed by atoms with E-state index >= 15 is 0 Å². The first-order valence-electron chi connectivity index (χ1n) is 14.0. The number of nitrogens with zero attached hydrogens (tertiary/aromatic N) is 4. The number of methoxy groups -OCH3 is 1. The lowest BCUT2D eigenvalue weighted by atomic mass is 9.99. The highest BCUT2D eigenvalue weighted by Crippen LogP contribution is 2.32. The van der Waals surface area contributed by atoms with E-state index < -0.39 is 0 Å². The third-order valence-corrected chi connectivity index (χ3v) is 8.06. The standard InChI is InChI=1S/C33H33N5O2/c1-40-27-13-8-24(9-14-27)22-35-31-20-29(33(39)38-18-4-5-32(38)37-16-2-3-17-37)28-19-26(12-15-30(28)36-31)25-10-6-23(21-34)7-11-25/h6-15,19-20,32H,2-5,16-18,22H2,1H3,(H,35,36). The molecule has 40 heavy (non-hydrogen) atoms. The normalized spacial score (nSPS) is 17.2. The molecule has 1 aromatic heterocycles. The summed E-state index contributed by atoms with van der Waals surface area (Å²) in [6, 6.07) is 25.6. The van der Waals surface area contributed by atoms with Gasteiger partial charge in [0, 0.05) is 31.6 Å². The Morgan fingerprint density at radius 2 is 1.73 bits per heavy atom. The van der Waals surface area contributed by atoms with Crippen LogP contribution in [0.4, 0.5) is 5.82 Å². The predicted octanol–water partition coefficient (Wildman–Crippen LogP) is 6.05. The number of rotatable bonds is 7. The van der Waals surface area contributed by atoms with Crippen molar-refractivity contribution in [2.45, 2.75) is 38.4 Å². The summed E-state index contributed by atoms with van der Waals surface area (Å²) >= 11 is 0. The van der Waals surface area contributed by atoms with Gasteiger partial charge in [0.2, 0.25) is 0 Å². The highest BCUT2D eigenvalue weighted by molar-refractivity contribution is 6.08. The van der Waals surface area contributed by atoms with Crippen LogP contribution in [0.3, 0.4) is 0 Å². The van der Waals surface area contributed by atoms with E-state index in [1.165, 1.54) is 12.8 Å². The van der Waals surface area contributed by atoms with Crippen molar-refractivity contribution in [2.75, 3.05) is 32.1 Å². The average Bonchev–Trinajstić information content (AvgIpc) is 3.72. The van der Waals surface area contributed by atoms with Crippen LogP contribution in [-0.2, 0) is 6.54 Å². The number of fused-ring (bicyclic) bond motifs is 1. The van der Waals surface area contributed by atoms with Crippen LogP contribution in [0.15, 0.2) is 72.8 Å². The molecule has 3 heterocycles. The van der Waals surface area contributed by atoms with Crippen molar-refractivity contribution in [1.29, 1.82) is 5.26 Å². The second kappa shape index (κ2) is 11.4. The van der Waals surface area contributed by atoms with Gasteiger partial charge < -0.3 is 15.0 Å². The summed E-state index contributed by atoms with van der Waals surface area (Å²) < 4.78 is 5.28. The first-order chi connectivity index (χ1) is 19.6. The third kappa shape index (κ3) is 5.23. The molecule has 7 heteroatoms. The maximum Gasteiger partial charge on any atom is 0.255 e. The molecule has 202 valence electrons. The monoisotopic (exact) mass is 531 g/mol. The Balaban J connectivity index is 1.37. The van der Waals surface area contributed by atoms with E-state index in [2.05, 4.69) is 27.3 Å². The minimum absolute atomic E-state index is 0.0614. The van der Waals surface area contributed by atoms with Gasteiger partial charge in [0.1, 0.15) is 11.6 Å². The van der Waals surface area contributed by atoms with E-state index in [0.29, 0.717) is 23.5 Å². The summed E-state index contributed by atoms with van der Waals surface area (Å²) in [6.07, 6.45) is 4.60. The first-order valence-corrected chi connectivity index (χ1v) is 14.0. The zero-order valence-electron chi connectivity index (χ0n) is 22.8. The number of pyridine rings is 1. The lowest BCUT2D eigenvalue weighted by molar-refractivity contribution is 0.0533. The number of carbonyl (C=O) groups excluding carboxylic acids is 1. The molecule has 3 aromatic carbocycles. The molecule has 2 fully saturated rings.